The van der Waals surface area contributed by atoms with Gasteiger partial charge in [-0.05, 0) is 61.7 Å². The molecule has 0 amide bonds. The van der Waals surface area contributed by atoms with Crippen LogP contribution in [0.4, 0.5) is 0 Å². The van der Waals surface area contributed by atoms with Gasteiger partial charge in [-0.1, -0.05) is 48.5 Å². The summed E-state index contributed by atoms with van der Waals surface area (Å²) in [5, 5.41) is 4.28. The Morgan fingerprint density at radius 1 is 1.10 bits per heavy atom. The summed E-state index contributed by atoms with van der Waals surface area (Å²) >= 11 is 8.16. The van der Waals surface area contributed by atoms with E-state index in [1.807, 2.05) is 12.1 Å². The van der Waals surface area contributed by atoms with E-state index in [4.69, 9.17) is 11.6 Å². The van der Waals surface area contributed by atoms with Crippen LogP contribution in [0, 0.1) is 13.8 Å². The number of hydrogen-bond donors (Lipinski definition) is 1. The van der Waals surface area contributed by atoms with Crippen molar-refractivity contribution in [2.24, 2.45) is 0 Å². The molecule has 0 aliphatic carbocycles. The number of aryl methyl sites for hydroxylation is 2. The smallest absolute Gasteiger partial charge is 0.0548 e. The highest BCUT2D eigenvalue weighted by atomic mass is 35.5. The lowest BCUT2D eigenvalue weighted by molar-refractivity contribution is 0.669. The molecule has 1 nitrogen and oxygen atoms in total. The van der Waals surface area contributed by atoms with Crippen molar-refractivity contribution in [2.45, 2.75) is 43.5 Å². The van der Waals surface area contributed by atoms with Gasteiger partial charge < -0.3 is 5.32 Å². The number of nitrogens with one attached hydrogen (secondary N) is 1. The zero-order valence-corrected chi connectivity index (χ0v) is 14.4. The lowest BCUT2D eigenvalue weighted by atomic mass is 10.1. The van der Waals surface area contributed by atoms with Crippen LogP contribution in [0.3, 0.4) is 0 Å². The summed E-state index contributed by atoms with van der Waals surface area (Å²) in [5.74, 6) is 0. The van der Waals surface area contributed by atoms with Crippen LogP contribution in [0.15, 0.2) is 46.2 Å². The van der Waals surface area contributed by atoms with E-state index >= 15 is 0 Å². The monoisotopic (exact) mass is 319 g/mol. The fraction of sp³-hybridized carbons (Fsp3) is 0.333. The lowest BCUT2D eigenvalue weighted by Gasteiger charge is -2.12. The third-order valence-electron chi connectivity index (χ3n) is 3.49. The normalized spacial score (nSPS) is 10.9. The van der Waals surface area contributed by atoms with Crippen LogP contribution in [0.25, 0.3) is 0 Å². The van der Waals surface area contributed by atoms with Crippen LogP contribution >= 0.6 is 23.4 Å². The minimum absolute atomic E-state index is 0.828. The second-order valence-electron chi connectivity index (χ2n) is 5.25. The predicted octanol–water partition coefficient (Wildman–Crippen LogP) is 5.61. The maximum Gasteiger partial charge on any atom is 0.0548 e. The van der Waals surface area contributed by atoms with Gasteiger partial charge in [-0.15, -0.1) is 0 Å². The molecule has 0 fully saturated rings. The Bertz CT molecular complexity index is 610. The SMILES string of the molecule is CCCNCc1cccc(Cl)c1Sc1ccc(C)c(C)c1. The Balaban J connectivity index is 2.23. The first kappa shape index (κ1) is 16.4. The molecule has 0 saturated heterocycles. The molecule has 0 atom stereocenters. The summed E-state index contributed by atoms with van der Waals surface area (Å²) in [5.41, 5.74) is 3.90. The van der Waals surface area contributed by atoms with Gasteiger partial charge in [0, 0.05) is 16.3 Å². The highest BCUT2D eigenvalue weighted by Gasteiger charge is 2.09. The molecular formula is C18H22ClNS. The molecule has 0 saturated carbocycles. The molecule has 0 aliphatic heterocycles. The quantitative estimate of drug-likeness (QED) is 0.695. The van der Waals surface area contributed by atoms with Crippen LogP contribution < -0.4 is 5.32 Å². The molecule has 1 N–H and O–H groups in total. The fourth-order valence-corrected chi connectivity index (χ4v) is 3.46. The van der Waals surface area contributed by atoms with Crippen molar-refractivity contribution in [3.8, 4) is 0 Å². The minimum atomic E-state index is 0.828. The van der Waals surface area contributed by atoms with Gasteiger partial charge in [0.25, 0.3) is 0 Å². The third-order valence-corrected chi connectivity index (χ3v) is 5.09. The van der Waals surface area contributed by atoms with Crippen molar-refractivity contribution in [1.82, 2.24) is 5.32 Å². The predicted molar refractivity (Wildman–Crippen MR) is 93.5 cm³/mol. The van der Waals surface area contributed by atoms with Crippen LogP contribution in [-0.2, 0) is 6.54 Å². The number of halogens is 1. The van der Waals surface area contributed by atoms with E-state index in [9.17, 15) is 0 Å². The molecule has 0 radical (unpaired) electrons. The molecule has 112 valence electrons. The van der Waals surface area contributed by atoms with Gasteiger partial charge in [-0.2, -0.15) is 0 Å². The summed E-state index contributed by atoms with van der Waals surface area (Å²) in [7, 11) is 0. The first-order valence-electron chi connectivity index (χ1n) is 7.35. The second kappa shape index (κ2) is 7.88. The molecule has 0 aromatic heterocycles. The van der Waals surface area contributed by atoms with Crippen molar-refractivity contribution in [2.75, 3.05) is 6.54 Å². The molecule has 2 aromatic rings. The average molecular weight is 320 g/mol. The molecule has 0 spiro atoms. The van der Waals surface area contributed by atoms with Crippen molar-refractivity contribution in [1.29, 1.82) is 0 Å². The number of hydrogen-bond acceptors (Lipinski definition) is 2. The van der Waals surface area contributed by atoms with Crippen molar-refractivity contribution in [3.63, 3.8) is 0 Å². The summed E-state index contributed by atoms with van der Waals surface area (Å²) < 4.78 is 0. The fourth-order valence-electron chi connectivity index (χ4n) is 2.10. The third kappa shape index (κ3) is 4.50. The van der Waals surface area contributed by atoms with Crippen LogP contribution in [0.2, 0.25) is 5.02 Å². The lowest BCUT2D eigenvalue weighted by Crippen LogP contribution is -2.14. The van der Waals surface area contributed by atoms with Crippen LogP contribution in [-0.4, -0.2) is 6.54 Å². The number of benzene rings is 2. The summed E-state index contributed by atoms with van der Waals surface area (Å²) in [6.07, 6.45) is 1.14. The van der Waals surface area contributed by atoms with Gasteiger partial charge in [0.2, 0.25) is 0 Å². The molecule has 0 heterocycles. The standard InChI is InChI=1S/C18H22ClNS/c1-4-10-20-12-15-6-5-7-17(19)18(15)21-16-9-8-13(2)14(3)11-16/h5-9,11,20H,4,10,12H2,1-3H3. The van der Waals surface area contributed by atoms with E-state index < -0.39 is 0 Å². The zero-order chi connectivity index (χ0) is 15.2. The molecule has 21 heavy (non-hydrogen) atoms. The first-order chi connectivity index (χ1) is 10.1. The number of rotatable bonds is 6. The Kier molecular flexibility index (Phi) is 6.16. The molecule has 0 unspecified atom stereocenters. The maximum atomic E-state index is 6.41. The summed E-state index contributed by atoms with van der Waals surface area (Å²) in [6, 6.07) is 12.7. The van der Waals surface area contributed by atoms with Crippen molar-refractivity contribution in [3.05, 3.63) is 58.1 Å². The first-order valence-corrected chi connectivity index (χ1v) is 8.54. The van der Waals surface area contributed by atoms with Crippen molar-refractivity contribution >= 4 is 23.4 Å². The molecule has 0 aliphatic rings. The zero-order valence-electron chi connectivity index (χ0n) is 12.9. The van der Waals surface area contributed by atoms with E-state index in [-0.39, 0.29) is 0 Å². The molecule has 0 bridgehead atoms. The van der Waals surface area contributed by atoms with Gasteiger partial charge in [-0.25, -0.2) is 0 Å². The largest absolute Gasteiger partial charge is 0.313 e. The van der Waals surface area contributed by atoms with E-state index in [0.29, 0.717) is 0 Å². The molecule has 2 aromatic carbocycles. The Morgan fingerprint density at radius 2 is 1.90 bits per heavy atom. The molecule has 2 rings (SSSR count). The van der Waals surface area contributed by atoms with Gasteiger partial charge >= 0.3 is 0 Å². The second-order valence-corrected chi connectivity index (χ2v) is 6.74. The van der Waals surface area contributed by atoms with Crippen LogP contribution in [0.5, 0.6) is 0 Å². The van der Waals surface area contributed by atoms with Crippen molar-refractivity contribution < 1.29 is 0 Å². The van der Waals surface area contributed by atoms with E-state index in [1.165, 1.54) is 21.6 Å². The van der Waals surface area contributed by atoms with E-state index in [1.54, 1.807) is 11.8 Å². The van der Waals surface area contributed by atoms with Gasteiger partial charge in [0.1, 0.15) is 0 Å². The van der Waals surface area contributed by atoms with Gasteiger partial charge in [0.05, 0.1) is 5.02 Å². The Morgan fingerprint density at radius 3 is 2.62 bits per heavy atom. The van der Waals surface area contributed by atoms with Gasteiger partial charge in [-0.3, -0.25) is 0 Å². The summed E-state index contributed by atoms with van der Waals surface area (Å²) in [6.45, 7) is 8.35. The molecule has 3 heteroatoms. The maximum absolute atomic E-state index is 6.41. The van der Waals surface area contributed by atoms with Gasteiger partial charge in [0.15, 0.2) is 0 Å². The highest BCUT2D eigenvalue weighted by Crippen LogP contribution is 2.36. The van der Waals surface area contributed by atoms with E-state index in [2.05, 4.69) is 50.4 Å². The molecular weight excluding hydrogens is 298 g/mol. The Labute approximate surface area is 137 Å². The van der Waals surface area contributed by atoms with E-state index in [0.717, 1.165) is 29.4 Å². The topological polar surface area (TPSA) is 12.0 Å². The van der Waals surface area contributed by atoms with Crippen LogP contribution in [0.1, 0.15) is 30.0 Å². The Hall–Kier alpha value is -0.960. The minimum Gasteiger partial charge on any atom is -0.313 e. The average Bonchev–Trinajstić information content (AvgIpc) is 2.46. The highest BCUT2D eigenvalue weighted by molar-refractivity contribution is 7.99. The summed E-state index contributed by atoms with van der Waals surface area (Å²) in [4.78, 5) is 2.40.